The number of nitrogens with one attached hydrogen (secondary N) is 1. The Morgan fingerprint density at radius 3 is 2.60 bits per heavy atom. The van der Waals surface area contributed by atoms with Crippen molar-refractivity contribution in [3.63, 3.8) is 0 Å². The molecule has 0 aliphatic heterocycles. The van der Waals surface area contributed by atoms with Crippen LogP contribution in [-0.4, -0.2) is 12.4 Å². The molecule has 0 saturated carbocycles. The first kappa shape index (κ1) is 14.3. The highest BCUT2D eigenvalue weighted by Crippen LogP contribution is 2.32. The third-order valence-electron chi connectivity index (χ3n) is 2.99. The first-order chi connectivity index (χ1) is 9.54. The summed E-state index contributed by atoms with van der Waals surface area (Å²) in [5, 5.41) is 8.09. The van der Waals surface area contributed by atoms with Gasteiger partial charge >= 0.3 is 0 Å². The molecule has 2 rings (SSSR count). The summed E-state index contributed by atoms with van der Waals surface area (Å²) in [5.41, 5.74) is 7.46. The monoisotopic (exact) mass is 291 g/mol. The lowest BCUT2D eigenvalue weighted by Crippen LogP contribution is -2.22. The smallest absolute Gasteiger partial charge is 0.126 e. The van der Waals surface area contributed by atoms with Crippen LogP contribution in [0.25, 0.3) is 0 Å². The van der Waals surface area contributed by atoms with E-state index in [9.17, 15) is 4.39 Å². The molecule has 0 saturated heterocycles. The van der Waals surface area contributed by atoms with Gasteiger partial charge in [0.05, 0.1) is 16.3 Å². The molecular formula is C15H15ClFN3. The van der Waals surface area contributed by atoms with Crippen molar-refractivity contribution in [2.45, 2.75) is 6.92 Å². The van der Waals surface area contributed by atoms with Crippen LogP contribution in [0.2, 0.25) is 5.02 Å². The quantitative estimate of drug-likeness (QED) is 0.662. The van der Waals surface area contributed by atoms with E-state index in [1.165, 1.54) is 12.1 Å². The molecule has 3 N–H and O–H groups in total. The third kappa shape index (κ3) is 2.75. The highest BCUT2D eigenvalue weighted by molar-refractivity contribution is 6.34. The highest BCUT2D eigenvalue weighted by Gasteiger charge is 2.16. The van der Waals surface area contributed by atoms with E-state index >= 15 is 0 Å². The van der Waals surface area contributed by atoms with Crippen LogP contribution >= 0.6 is 11.6 Å². The topological polar surface area (TPSA) is 53.1 Å². The van der Waals surface area contributed by atoms with Gasteiger partial charge in [-0.3, -0.25) is 5.41 Å². The fourth-order valence-corrected chi connectivity index (χ4v) is 2.41. The van der Waals surface area contributed by atoms with Gasteiger partial charge in [-0.25, -0.2) is 4.39 Å². The van der Waals surface area contributed by atoms with E-state index in [1.807, 2.05) is 17.9 Å². The van der Waals surface area contributed by atoms with Gasteiger partial charge in [0.25, 0.3) is 0 Å². The van der Waals surface area contributed by atoms with Crippen LogP contribution < -0.4 is 10.6 Å². The predicted molar refractivity (Wildman–Crippen MR) is 81.5 cm³/mol. The van der Waals surface area contributed by atoms with Crippen LogP contribution in [0.1, 0.15) is 12.5 Å². The lowest BCUT2D eigenvalue weighted by molar-refractivity contribution is 0.627. The zero-order chi connectivity index (χ0) is 14.7. The molecule has 0 radical (unpaired) electrons. The Kier molecular flexibility index (Phi) is 4.25. The summed E-state index contributed by atoms with van der Waals surface area (Å²) in [5.74, 6) is -0.423. The van der Waals surface area contributed by atoms with Crippen molar-refractivity contribution < 1.29 is 4.39 Å². The number of nitrogens with zero attached hydrogens (tertiary/aromatic N) is 1. The molecule has 0 amide bonds. The van der Waals surface area contributed by atoms with Crippen molar-refractivity contribution >= 4 is 28.8 Å². The van der Waals surface area contributed by atoms with Crippen LogP contribution in [0.15, 0.2) is 42.5 Å². The van der Waals surface area contributed by atoms with Gasteiger partial charge in [-0.1, -0.05) is 23.7 Å². The molecule has 0 unspecified atom stereocenters. The first-order valence-corrected chi connectivity index (χ1v) is 6.58. The van der Waals surface area contributed by atoms with Crippen molar-refractivity contribution in [2.24, 2.45) is 5.73 Å². The fraction of sp³-hybridized carbons (Fsp3) is 0.133. The van der Waals surface area contributed by atoms with Gasteiger partial charge in [0.1, 0.15) is 11.7 Å². The molecule has 0 aliphatic rings. The lowest BCUT2D eigenvalue weighted by Gasteiger charge is -2.26. The van der Waals surface area contributed by atoms with Crippen molar-refractivity contribution in [3.05, 3.63) is 58.9 Å². The molecule has 2 aromatic carbocycles. The second-order valence-corrected chi connectivity index (χ2v) is 4.68. The number of benzene rings is 2. The van der Waals surface area contributed by atoms with Gasteiger partial charge in [-0.05, 0) is 37.3 Å². The van der Waals surface area contributed by atoms with Gasteiger partial charge in [0.15, 0.2) is 0 Å². The average molecular weight is 292 g/mol. The van der Waals surface area contributed by atoms with Crippen LogP contribution in [-0.2, 0) is 0 Å². The molecule has 0 atom stereocenters. The van der Waals surface area contributed by atoms with E-state index in [4.69, 9.17) is 22.7 Å². The third-order valence-corrected chi connectivity index (χ3v) is 3.30. The predicted octanol–water partition coefficient (Wildman–Crippen LogP) is 3.92. The number of halogens is 2. The van der Waals surface area contributed by atoms with E-state index in [1.54, 1.807) is 24.3 Å². The zero-order valence-corrected chi connectivity index (χ0v) is 11.8. The normalized spacial score (nSPS) is 10.3. The van der Waals surface area contributed by atoms with E-state index in [-0.39, 0.29) is 11.7 Å². The Labute approximate surface area is 122 Å². The standard InChI is InChI=1S/C15H15ClFN3/c1-2-20(11-6-3-5-10(17)9-11)13-8-4-7-12(16)14(13)15(18)19/h3-9H,2H2,1H3,(H3,18,19). The second kappa shape index (κ2) is 5.92. The minimum Gasteiger partial charge on any atom is -0.384 e. The maximum absolute atomic E-state index is 13.4. The molecule has 0 heterocycles. The fourth-order valence-electron chi connectivity index (χ4n) is 2.14. The summed E-state index contributed by atoms with van der Waals surface area (Å²) in [6.45, 7) is 2.54. The maximum atomic E-state index is 13.4. The number of nitrogens with two attached hydrogens (primary N) is 1. The van der Waals surface area contributed by atoms with Gasteiger partial charge < -0.3 is 10.6 Å². The van der Waals surface area contributed by atoms with Crippen LogP contribution in [0.4, 0.5) is 15.8 Å². The SMILES string of the molecule is CCN(c1cccc(F)c1)c1cccc(Cl)c1C(=N)N. The molecular weight excluding hydrogens is 277 g/mol. The molecule has 3 nitrogen and oxygen atoms in total. The second-order valence-electron chi connectivity index (χ2n) is 4.27. The van der Waals surface area contributed by atoms with Gasteiger partial charge in [-0.2, -0.15) is 0 Å². The van der Waals surface area contributed by atoms with Crippen molar-refractivity contribution in [1.29, 1.82) is 5.41 Å². The molecule has 0 bridgehead atoms. The van der Waals surface area contributed by atoms with Crippen LogP contribution in [0.5, 0.6) is 0 Å². The number of nitrogen functional groups attached to an aromatic ring is 1. The van der Waals surface area contributed by atoms with E-state index in [0.29, 0.717) is 28.5 Å². The zero-order valence-electron chi connectivity index (χ0n) is 11.0. The number of anilines is 2. The van der Waals surface area contributed by atoms with E-state index in [2.05, 4.69) is 0 Å². The van der Waals surface area contributed by atoms with Crippen LogP contribution in [0.3, 0.4) is 0 Å². The summed E-state index contributed by atoms with van der Waals surface area (Å²) in [6, 6.07) is 11.6. The summed E-state index contributed by atoms with van der Waals surface area (Å²) in [4.78, 5) is 1.87. The Balaban J connectivity index is 2.58. The van der Waals surface area contributed by atoms with Gasteiger partial charge in [-0.15, -0.1) is 0 Å². The number of hydrogen-bond acceptors (Lipinski definition) is 2. The molecule has 0 aliphatic carbocycles. The largest absolute Gasteiger partial charge is 0.384 e. The summed E-state index contributed by atoms with van der Waals surface area (Å²) in [7, 11) is 0. The Bertz CT molecular complexity index is 643. The number of amidine groups is 1. The molecule has 104 valence electrons. The highest BCUT2D eigenvalue weighted by atomic mass is 35.5. The first-order valence-electron chi connectivity index (χ1n) is 6.20. The summed E-state index contributed by atoms with van der Waals surface area (Å²) < 4.78 is 13.4. The molecule has 20 heavy (non-hydrogen) atoms. The van der Waals surface area contributed by atoms with Crippen LogP contribution in [0, 0.1) is 11.2 Å². The van der Waals surface area contributed by atoms with Gasteiger partial charge in [0, 0.05) is 12.2 Å². The summed E-state index contributed by atoms with van der Waals surface area (Å²) in [6.07, 6.45) is 0. The Morgan fingerprint density at radius 2 is 2.00 bits per heavy atom. The molecule has 2 aromatic rings. The number of hydrogen-bond donors (Lipinski definition) is 2. The van der Waals surface area contributed by atoms with E-state index in [0.717, 1.165) is 0 Å². The lowest BCUT2D eigenvalue weighted by atomic mass is 10.1. The van der Waals surface area contributed by atoms with Crippen molar-refractivity contribution in [3.8, 4) is 0 Å². The minimum absolute atomic E-state index is 0.111. The molecule has 0 aromatic heterocycles. The van der Waals surface area contributed by atoms with E-state index < -0.39 is 0 Å². The molecule has 0 spiro atoms. The average Bonchev–Trinajstić information content (AvgIpc) is 2.39. The summed E-state index contributed by atoms with van der Waals surface area (Å²) >= 11 is 6.12. The number of rotatable bonds is 4. The molecule has 5 heteroatoms. The maximum Gasteiger partial charge on any atom is 0.126 e. The molecule has 0 fully saturated rings. The Hall–Kier alpha value is -2.07. The Morgan fingerprint density at radius 1 is 1.30 bits per heavy atom. The van der Waals surface area contributed by atoms with Crippen molar-refractivity contribution in [1.82, 2.24) is 0 Å². The van der Waals surface area contributed by atoms with Crippen molar-refractivity contribution in [2.75, 3.05) is 11.4 Å². The minimum atomic E-state index is -0.313. The van der Waals surface area contributed by atoms with Gasteiger partial charge in [0.2, 0.25) is 0 Å².